The Balaban J connectivity index is 1.66. The maximum Gasteiger partial charge on any atom is 0.321 e. The highest BCUT2D eigenvalue weighted by Crippen LogP contribution is 2.42. The maximum absolute atomic E-state index is 11.6. The highest BCUT2D eigenvalue weighted by molar-refractivity contribution is 5.74. The van der Waals surface area contributed by atoms with Gasteiger partial charge in [0.1, 0.15) is 6.04 Å². The third-order valence-corrected chi connectivity index (χ3v) is 4.84. The summed E-state index contributed by atoms with van der Waals surface area (Å²) in [5.74, 6) is 1.39. The van der Waals surface area contributed by atoms with Gasteiger partial charge in [-0.05, 0) is 31.1 Å². The zero-order valence-electron chi connectivity index (χ0n) is 12.5. The number of carboxylic acids is 1. The first-order valence-corrected chi connectivity index (χ1v) is 7.97. The van der Waals surface area contributed by atoms with E-state index in [9.17, 15) is 9.90 Å². The van der Waals surface area contributed by atoms with E-state index in [1.807, 2.05) is 4.90 Å². The first-order valence-electron chi connectivity index (χ1n) is 7.97. The van der Waals surface area contributed by atoms with Crippen molar-refractivity contribution in [1.82, 2.24) is 15.0 Å². The van der Waals surface area contributed by atoms with Crippen LogP contribution in [0.2, 0.25) is 0 Å². The van der Waals surface area contributed by atoms with Crippen molar-refractivity contribution in [2.45, 2.75) is 58.0 Å². The topological polar surface area (TPSA) is 79.5 Å². The van der Waals surface area contributed by atoms with Gasteiger partial charge in [0.25, 0.3) is 0 Å². The molecule has 3 unspecified atom stereocenters. The molecule has 6 heteroatoms. The summed E-state index contributed by atoms with van der Waals surface area (Å²) in [6.07, 6.45) is 6.31. The van der Waals surface area contributed by atoms with Crippen LogP contribution in [0.3, 0.4) is 0 Å². The van der Waals surface area contributed by atoms with Crippen LogP contribution < -0.4 is 0 Å². The van der Waals surface area contributed by atoms with Gasteiger partial charge in [-0.3, -0.25) is 9.69 Å². The molecule has 3 atom stereocenters. The molecule has 1 aromatic heterocycles. The second kappa shape index (κ2) is 6.13. The third kappa shape index (κ3) is 2.95. The first kappa shape index (κ1) is 14.5. The molecule has 3 rings (SSSR count). The molecule has 1 saturated heterocycles. The molecule has 6 nitrogen and oxygen atoms in total. The Labute approximate surface area is 124 Å². The zero-order valence-corrected chi connectivity index (χ0v) is 12.5. The molecule has 1 aliphatic heterocycles. The maximum atomic E-state index is 11.6. The van der Waals surface area contributed by atoms with E-state index in [1.165, 1.54) is 0 Å². The number of carboxylic acid groups (broad SMARTS) is 1. The van der Waals surface area contributed by atoms with Crippen LogP contribution in [-0.4, -0.2) is 38.7 Å². The number of nitrogens with zero attached hydrogens (tertiary/aromatic N) is 3. The van der Waals surface area contributed by atoms with Crippen molar-refractivity contribution in [1.29, 1.82) is 0 Å². The van der Waals surface area contributed by atoms with Gasteiger partial charge >= 0.3 is 5.97 Å². The number of hydrogen-bond acceptors (Lipinski definition) is 5. The summed E-state index contributed by atoms with van der Waals surface area (Å²) in [5, 5.41) is 13.5. The van der Waals surface area contributed by atoms with Crippen molar-refractivity contribution in [3.63, 3.8) is 0 Å². The van der Waals surface area contributed by atoms with Crippen LogP contribution >= 0.6 is 0 Å². The lowest BCUT2D eigenvalue weighted by atomic mass is 9.94. The number of unbranched alkanes of at least 4 members (excludes halogenated alkanes) is 1. The van der Waals surface area contributed by atoms with Gasteiger partial charge < -0.3 is 9.63 Å². The molecule has 1 aromatic rings. The predicted octanol–water partition coefficient (Wildman–Crippen LogP) is 2.10. The van der Waals surface area contributed by atoms with E-state index in [4.69, 9.17) is 4.52 Å². The molecule has 0 radical (unpaired) electrons. The minimum absolute atomic E-state index is 0.296. The largest absolute Gasteiger partial charge is 0.480 e. The van der Waals surface area contributed by atoms with Crippen molar-refractivity contribution in [3.05, 3.63) is 11.7 Å². The molecule has 0 spiro atoms. The molecule has 2 fully saturated rings. The first-order chi connectivity index (χ1) is 10.2. The lowest BCUT2D eigenvalue weighted by Crippen LogP contribution is -2.39. The highest BCUT2D eigenvalue weighted by Gasteiger charge is 2.47. The Morgan fingerprint density at radius 2 is 2.33 bits per heavy atom. The molecule has 116 valence electrons. The SMILES string of the molecule is CCCCc1noc(CN2CC3CCCC3C2C(=O)O)n1. The summed E-state index contributed by atoms with van der Waals surface area (Å²) in [7, 11) is 0. The van der Waals surface area contributed by atoms with Gasteiger partial charge in [-0.1, -0.05) is 24.9 Å². The van der Waals surface area contributed by atoms with Crippen molar-refractivity contribution in [2.24, 2.45) is 11.8 Å². The number of aryl methyl sites for hydroxylation is 1. The summed E-state index contributed by atoms with van der Waals surface area (Å²) in [4.78, 5) is 18.0. The van der Waals surface area contributed by atoms with Crippen LogP contribution in [0.1, 0.15) is 50.7 Å². The molecule has 21 heavy (non-hydrogen) atoms. The molecule has 2 aliphatic rings. The highest BCUT2D eigenvalue weighted by atomic mass is 16.5. The van der Waals surface area contributed by atoms with E-state index in [2.05, 4.69) is 17.1 Å². The van der Waals surface area contributed by atoms with Gasteiger partial charge in [-0.15, -0.1) is 0 Å². The second-order valence-corrected chi connectivity index (χ2v) is 6.28. The van der Waals surface area contributed by atoms with Gasteiger partial charge in [0.15, 0.2) is 5.82 Å². The molecule has 1 saturated carbocycles. The fourth-order valence-corrected chi connectivity index (χ4v) is 3.86. The number of aliphatic carboxylic acids is 1. The second-order valence-electron chi connectivity index (χ2n) is 6.28. The third-order valence-electron chi connectivity index (χ3n) is 4.84. The fourth-order valence-electron chi connectivity index (χ4n) is 3.86. The minimum Gasteiger partial charge on any atom is -0.480 e. The smallest absolute Gasteiger partial charge is 0.321 e. The van der Waals surface area contributed by atoms with Crippen LogP contribution in [0.15, 0.2) is 4.52 Å². The van der Waals surface area contributed by atoms with Crippen molar-refractivity contribution in [2.75, 3.05) is 6.54 Å². The summed E-state index contributed by atoms with van der Waals surface area (Å²) in [5.41, 5.74) is 0. The van der Waals surface area contributed by atoms with E-state index in [0.29, 0.717) is 24.3 Å². The van der Waals surface area contributed by atoms with E-state index in [0.717, 1.165) is 50.9 Å². The molecule has 1 N–H and O–H groups in total. The Kier molecular flexibility index (Phi) is 4.24. The van der Waals surface area contributed by atoms with Crippen LogP contribution in [0, 0.1) is 11.8 Å². The number of carbonyl (C=O) groups is 1. The number of fused-ring (bicyclic) bond motifs is 1. The number of rotatable bonds is 6. The monoisotopic (exact) mass is 293 g/mol. The fraction of sp³-hybridized carbons (Fsp3) is 0.800. The van der Waals surface area contributed by atoms with Crippen molar-refractivity contribution >= 4 is 5.97 Å². The average Bonchev–Trinajstić information content (AvgIpc) is 3.11. The summed E-state index contributed by atoms with van der Waals surface area (Å²) < 4.78 is 5.28. The molecule has 2 heterocycles. The molecule has 0 aromatic carbocycles. The Morgan fingerprint density at radius 1 is 1.48 bits per heavy atom. The van der Waals surface area contributed by atoms with E-state index >= 15 is 0 Å². The van der Waals surface area contributed by atoms with E-state index in [-0.39, 0.29) is 6.04 Å². The molecule has 1 aliphatic carbocycles. The van der Waals surface area contributed by atoms with Gasteiger partial charge in [0.05, 0.1) is 6.54 Å². The van der Waals surface area contributed by atoms with Crippen molar-refractivity contribution < 1.29 is 14.4 Å². The zero-order chi connectivity index (χ0) is 14.8. The van der Waals surface area contributed by atoms with Gasteiger partial charge in [-0.2, -0.15) is 4.98 Å². The Morgan fingerprint density at radius 3 is 3.10 bits per heavy atom. The summed E-state index contributed by atoms with van der Waals surface area (Å²) in [6.45, 7) is 3.43. The van der Waals surface area contributed by atoms with Gasteiger partial charge in [-0.25, -0.2) is 0 Å². The van der Waals surface area contributed by atoms with Crippen LogP contribution in [-0.2, 0) is 17.8 Å². The predicted molar refractivity (Wildman–Crippen MR) is 75.6 cm³/mol. The lowest BCUT2D eigenvalue weighted by molar-refractivity contribution is -0.143. The summed E-state index contributed by atoms with van der Waals surface area (Å²) in [6, 6.07) is -0.386. The Hall–Kier alpha value is -1.43. The minimum atomic E-state index is -0.713. The number of aromatic nitrogens is 2. The molecule has 0 amide bonds. The molecular formula is C15H23N3O3. The van der Waals surface area contributed by atoms with Crippen molar-refractivity contribution in [3.8, 4) is 0 Å². The van der Waals surface area contributed by atoms with Crippen LogP contribution in [0.25, 0.3) is 0 Å². The van der Waals surface area contributed by atoms with E-state index in [1.54, 1.807) is 0 Å². The van der Waals surface area contributed by atoms with Gasteiger partial charge in [0.2, 0.25) is 5.89 Å². The number of likely N-dealkylation sites (tertiary alicyclic amines) is 1. The average molecular weight is 293 g/mol. The lowest BCUT2D eigenvalue weighted by Gasteiger charge is -2.22. The van der Waals surface area contributed by atoms with E-state index < -0.39 is 5.97 Å². The van der Waals surface area contributed by atoms with Gasteiger partial charge in [0, 0.05) is 13.0 Å². The quantitative estimate of drug-likeness (QED) is 0.865. The van der Waals surface area contributed by atoms with Crippen LogP contribution in [0.5, 0.6) is 0 Å². The summed E-state index contributed by atoms with van der Waals surface area (Å²) >= 11 is 0. The number of hydrogen-bond donors (Lipinski definition) is 1. The molecular weight excluding hydrogens is 270 g/mol. The normalized spacial score (nSPS) is 28.9. The molecule has 0 bridgehead atoms. The van der Waals surface area contributed by atoms with Crippen LogP contribution in [0.4, 0.5) is 0 Å². The Bertz CT molecular complexity index is 502. The standard InChI is InChI=1S/C15H23N3O3/c1-2-3-7-12-16-13(21-17-12)9-18-8-10-5-4-6-11(10)14(18)15(19)20/h10-11,14H,2-9H2,1H3,(H,19,20).